The molecule has 0 spiro atoms. The van der Waals surface area contributed by atoms with Gasteiger partial charge in [0.05, 0.1) is 22.8 Å². The molecule has 0 fully saturated rings. The molecule has 1 N–H and O–H groups in total. The standard InChI is InChI=1S/C15H13BrClN3O2/c1-20(15(22)10-6-11(16)8-18-7-10)9-14(21)19-13-5-3-2-4-12(13)17/h2-8H,9H2,1H3,(H,19,21). The van der Waals surface area contributed by atoms with Gasteiger partial charge in [0, 0.05) is 23.9 Å². The number of aromatic nitrogens is 1. The third-order valence-corrected chi connectivity index (χ3v) is 3.59. The van der Waals surface area contributed by atoms with E-state index in [4.69, 9.17) is 11.6 Å². The Hall–Kier alpha value is -1.92. The Labute approximate surface area is 141 Å². The summed E-state index contributed by atoms with van der Waals surface area (Å²) in [5.41, 5.74) is 0.918. The van der Waals surface area contributed by atoms with Gasteiger partial charge in [-0.25, -0.2) is 0 Å². The lowest BCUT2D eigenvalue weighted by atomic mass is 10.2. The highest BCUT2D eigenvalue weighted by molar-refractivity contribution is 9.10. The van der Waals surface area contributed by atoms with Crippen LogP contribution in [0.25, 0.3) is 0 Å². The van der Waals surface area contributed by atoms with Crippen molar-refractivity contribution < 1.29 is 9.59 Å². The zero-order valence-electron chi connectivity index (χ0n) is 11.7. The fourth-order valence-corrected chi connectivity index (χ4v) is 2.34. The summed E-state index contributed by atoms with van der Waals surface area (Å²) in [5.74, 6) is -0.616. The van der Waals surface area contributed by atoms with Crippen LogP contribution in [0.15, 0.2) is 47.2 Å². The molecule has 0 unspecified atom stereocenters. The maximum Gasteiger partial charge on any atom is 0.255 e. The van der Waals surface area contributed by atoms with E-state index >= 15 is 0 Å². The van der Waals surface area contributed by atoms with E-state index in [2.05, 4.69) is 26.2 Å². The van der Waals surface area contributed by atoms with Gasteiger partial charge in [-0.2, -0.15) is 0 Å². The van der Waals surface area contributed by atoms with Gasteiger partial charge < -0.3 is 10.2 Å². The van der Waals surface area contributed by atoms with Crippen LogP contribution in [-0.4, -0.2) is 35.3 Å². The Morgan fingerprint density at radius 3 is 2.73 bits per heavy atom. The summed E-state index contributed by atoms with van der Waals surface area (Å²) in [6, 6.07) is 8.56. The number of nitrogens with one attached hydrogen (secondary N) is 1. The molecule has 22 heavy (non-hydrogen) atoms. The van der Waals surface area contributed by atoms with E-state index in [-0.39, 0.29) is 18.4 Å². The third-order valence-electron chi connectivity index (χ3n) is 2.83. The monoisotopic (exact) mass is 381 g/mol. The Balaban J connectivity index is 1.99. The summed E-state index contributed by atoms with van der Waals surface area (Å²) in [4.78, 5) is 29.4. The number of halogens is 2. The lowest BCUT2D eigenvalue weighted by Gasteiger charge is -2.17. The Morgan fingerprint density at radius 2 is 2.05 bits per heavy atom. The third kappa shape index (κ3) is 4.29. The van der Waals surface area contributed by atoms with Gasteiger partial charge >= 0.3 is 0 Å². The second-order valence-electron chi connectivity index (χ2n) is 4.58. The summed E-state index contributed by atoms with van der Waals surface area (Å²) in [7, 11) is 1.55. The molecule has 1 aromatic heterocycles. The number of benzene rings is 1. The summed E-state index contributed by atoms with van der Waals surface area (Å²) in [6.07, 6.45) is 3.04. The van der Waals surface area contributed by atoms with Crippen molar-refractivity contribution in [3.63, 3.8) is 0 Å². The van der Waals surface area contributed by atoms with Gasteiger partial charge in [-0.3, -0.25) is 14.6 Å². The topological polar surface area (TPSA) is 62.3 Å². The molecule has 1 heterocycles. The SMILES string of the molecule is CN(CC(=O)Nc1ccccc1Cl)C(=O)c1cncc(Br)c1. The van der Waals surface area contributed by atoms with E-state index in [0.29, 0.717) is 20.7 Å². The largest absolute Gasteiger partial charge is 0.332 e. The number of carbonyl (C=O) groups excluding carboxylic acids is 2. The van der Waals surface area contributed by atoms with Crippen LogP contribution in [0.1, 0.15) is 10.4 Å². The van der Waals surface area contributed by atoms with Crippen molar-refractivity contribution in [3.05, 3.63) is 57.8 Å². The van der Waals surface area contributed by atoms with Gasteiger partial charge in [-0.05, 0) is 34.1 Å². The minimum absolute atomic E-state index is 0.0867. The van der Waals surface area contributed by atoms with E-state index in [1.807, 2.05) is 0 Å². The molecule has 0 atom stereocenters. The molecule has 114 valence electrons. The number of likely N-dealkylation sites (N-methyl/N-ethyl adjacent to an activating group) is 1. The normalized spacial score (nSPS) is 10.1. The predicted molar refractivity (Wildman–Crippen MR) is 89.0 cm³/mol. The average molecular weight is 383 g/mol. The highest BCUT2D eigenvalue weighted by Gasteiger charge is 2.16. The number of amides is 2. The fraction of sp³-hybridized carbons (Fsp3) is 0.133. The van der Waals surface area contributed by atoms with E-state index < -0.39 is 0 Å². The minimum atomic E-state index is -0.327. The lowest BCUT2D eigenvalue weighted by Crippen LogP contribution is -2.35. The van der Waals surface area contributed by atoms with Crippen molar-refractivity contribution in [1.29, 1.82) is 0 Å². The Kier molecular flexibility index (Phi) is 5.51. The molecule has 1 aromatic carbocycles. The van der Waals surface area contributed by atoms with Crippen LogP contribution in [0.5, 0.6) is 0 Å². The first kappa shape index (κ1) is 16.5. The van der Waals surface area contributed by atoms with Crippen molar-refractivity contribution >= 4 is 45.0 Å². The molecule has 2 aromatic rings. The number of carbonyl (C=O) groups is 2. The predicted octanol–water partition coefficient (Wildman–Crippen LogP) is 3.21. The number of rotatable bonds is 4. The lowest BCUT2D eigenvalue weighted by molar-refractivity contribution is -0.116. The summed E-state index contributed by atoms with van der Waals surface area (Å²) in [5, 5.41) is 3.11. The van der Waals surface area contributed by atoms with Crippen molar-refractivity contribution in [1.82, 2.24) is 9.88 Å². The number of hydrogen-bond donors (Lipinski definition) is 1. The fourth-order valence-electron chi connectivity index (χ4n) is 1.79. The molecule has 7 heteroatoms. The van der Waals surface area contributed by atoms with Gasteiger partial charge in [0.25, 0.3) is 5.91 Å². The second-order valence-corrected chi connectivity index (χ2v) is 5.90. The molecule has 0 saturated carbocycles. The summed E-state index contributed by atoms with van der Waals surface area (Å²) >= 11 is 9.23. The molecule has 0 radical (unpaired) electrons. The Morgan fingerprint density at radius 1 is 1.32 bits per heavy atom. The average Bonchev–Trinajstić information content (AvgIpc) is 2.48. The minimum Gasteiger partial charge on any atom is -0.332 e. The highest BCUT2D eigenvalue weighted by Crippen LogP contribution is 2.20. The van der Waals surface area contributed by atoms with Gasteiger partial charge in [0.1, 0.15) is 0 Å². The molecule has 0 aliphatic heterocycles. The molecule has 5 nitrogen and oxygen atoms in total. The number of pyridine rings is 1. The van der Waals surface area contributed by atoms with Crippen molar-refractivity contribution in [2.45, 2.75) is 0 Å². The molecular formula is C15H13BrClN3O2. The first-order chi connectivity index (χ1) is 10.5. The summed E-state index contributed by atoms with van der Waals surface area (Å²) < 4.78 is 0.701. The van der Waals surface area contributed by atoms with Gasteiger partial charge in [-0.1, -0.05) is 23.7 Å². The van der Waals surface area contributed by atoms with E-state index in [0.717, 1.165) is 0 Å². The van der Waals surface area contributed by atoms with Gasteiger partial charge in [0.15, 0.2) is 0 Å². The summed E-state index contributed by atoms with van der Waals surface area (Å²) in [6.45, 7) is -0.0867. The second kappa shape index (κ2) is 7.38. The first-order valence-electron chi connectivity index (χ1n) is 6.38. The van der Waals surface area contributed by atoms with E-state index in [9.17, 15) is 9.59 Å². The van der Waals surface area contributed by atoms with Crippen LogP contribution < -0.4 is 5.32 Å². The van der Waals surface area contributed by atoms with Crippen LogP contribution in [0.2, 0.25) is 5.02 Å². The Bertz CT molecular complexity index is 709. The van der Waals surface area contributed by atoms with E-state index in [1.165, 1.54) is 11.1 Å². The number of para-hydroxylation sites is 1. The molecule has 0 aliphatic rings. The number of nitrogens with zero attached hydrogens (tertiary/aromatic N) is 2. The van der Waals surface area contributed by atoms with Crippen LogP contribution in [0, 0.1) is 0 Å². The van der Waals surface area contributed by atoms with Crippen molar-refractivity contribution in [2.24, 2.45) is 0 Å². The number of anilines is 1. The molecule has 0 bridgehead atoms. The highest BCUT2D eigenvalue weighted by atomic mass is 79.9. The van der Waals surface area contributed by atoms with Crippen LogP contribution in [0.4, 0.5) is 5.69 Å². The maximum atomic E-state index is 12.2. The van der Waals surface area contributed by atoms with Gasteiger partial charge in [0.2, 0.25) is 5.91 Å². The van der Waals surface area contributed by atoms with Crippen LogP contribution in [-0.2, 0) is 4.79 Å². The zero-order chi connectivity index (χ0) is 16.1. The molecule has 2 rings (SSSR count). The number of hydrogen-bond acceptors (Lipinski definition) is 3. The van der Waals surface area contributed by atoms with Gasteiger partial charge in [-0.15, -0.1) is 0 Å². The molecule has 2 amide bonds. The van der Waals surface area contributed by atoms with Crippen LogP contribution in [0.3, 0.4) is 0 Å². The first-order valence-corrected chi connectivity index (χ1v) is 7.55. The van der Waals surface area contributed by atoms with Crippen molar-refractivity contribution in [3.8, 4) is 0 Å². The smallest absolute Gasteiger partial charge is 0.255 e. The molecule has 0 aliphatic carbocycles. The van der Waals surface area contributed by atoms with Crippen molar-refractivity contribution in [2.75, 3.05) is 18.9 Å². The maximum absolute atomic E-state index is 12.2. The molecule has 0 saturated heterocycles. The zero-order valence-corrected chi connectivity index (χ0v) is 14.1. The van der Waals surface area contributed by atoms with E-state index in [1.54, 1.807) is 43.6 Å². The quantitative estimate of drug-likeness (QED) is 0.883. The molecular weight excluding hydrogens is 370 g/mol. The van der Waals surface area contributed by atoms with Crippen LogP contribution >= 0.6 is 27.5 Å².